The first-order valence-electron chi connectivity index (χ1n) is 9.75. The number of carbonyl (C=O) groups excluding carboxylic acids is 2. The van der Waals surface area contributed by atoms with Gasteiger partial charge in [-0.1, -0.05) is 0 Å². The van der Waals surface area contributed by atoms with Crippen molar-refractivity contribution in [3.05, 3.63) is 0 Å². The maximum absolute atomic E-state index is 13.3. The van der Waals surface area contributed by atoms with E-state index in [9.17, 15) is 9.59 Å². The van der Waals surface area contributed by atoms with Gasteiger partial charge in [-0.2, -0.15) is 0 Å². The molecule has 11 rings (SSSR count). The number of cyclic esters (lactones) is 1. The first-order chi connectivity index (χ1) is 11.0. The summed E-state index contributed by atoms with van der Waals surface area (Å²) >= 11 is 0. The van der Waals surface area contributed by atoms with Gasteiger partial charge in [0.1, 0.15) is 0 Å². The summed E-state index contributed by atoms with van der Waals surface area (Å²) in [6, 6.07) is -0.373. The van der Waals surface area contributed by atoms with Crippen LogP contribution < -0.4 is 0 Å². The zero-order valence-electron chi connectivity index (χ0n) is 14.4. The van der Waals surface area contributed by atoms with Gasteiger partial charge in [0.15, 0.2) is 0 Å². The molecule has 4 unspecified atom stereocenters. The van der Waals surface area contributed by atoms with Gasteiger partial charge in [0.05, 0.1) is 0 Å². The monoisotopic (exact) mass is 369 g/mol. The molecule has 0 saturated carbocycles. The Bertz CT molecular complexity index is 1200. The molecule has 0 N–H and O–H groups in total. The second-order valence-electron chi connectivity index (χ2n) is 14.2. The molecule has 11 heterocycles. The molecule has 6 atom stereocenters. The molecule has 0 aromatic heterocycles. The van der Waals surface area contributed by atoms with Crippen molar-refractivity contribution in [2.75, 3.05) is 0 Å². The van der Waals surface area contributed by atoms with Gasteiger partial charge >= 0.3 is 131 Å². The normalized spacial score (nSPS) is 97.9. The van der Waals surface area contributed by atoms with Crippen LogP contribution in [-0.2, 0) is 20.8 Å². The molecule has 0 bridgehead atoms. The molecule has 11 aliphatic heterocycles. The van der Waals surface area contributed by atoms with E-state index in [2.05, 4.69) is 0 Å². The first-order valence-corrected chi connectivity index (χ1v) is 16.0. The molecular formula is C19H23FeNO3. The first kappa shape index (κ1) is 10.6. The Labute approximate surface area is 130 Å². The number of carbonyl (C=O) groups is 2. The van der Waals surface area contributed by atoms with Crippen molar-refractivity contribution in [1.82, 2.24) is 4.90 Å². The van der Waals surface area contributed by atoms with Gasteiger partial charge in [-0.05, 0) is 0 Å². The van der Waals surface area contributed by atoms with Crippen LogP contribution in [0.15, 0.2) is 0 Å². The van der Waals surface area contributed by atoms with E-state index >= 15 is 0 Å². The summed E-state index contributed by atoms with van der Waals surface area (Å²) in [5.74, 6) is 0.00961. The zero-order chi connectivity index (χ0) is 16.1. The summed E-state index contributed by atoms with van der Waals surface area (Å²) in [6.07, 6.45) is -0.138. The van der Waals surface area contributed by atoms with Gasteiger partial charge in [-0.3, -0.25) is 0 Å². The Kier molecular flexibility index (Phi) is 0.460. The fourth-order valence-electron chi connectivity index (χ4n) is 18.6. The van der Waals surface area contributed by atoms with Gasteiger partial charge in [0, 0.05) is 0 Å². The fourth-order valence-corrected chi connectivity index (χ4v) is 93.1. The van der Waals surface area contributed by atoms with Crippen LogP contribution in [0.4, 0.5) is 0 Å². The summed E-state index contributed by atoms with van der Waals surface area (Å²) in [7, 11) is 0. The maximum atomic E-state index is 13.3. The van der Waals surface area contributed by atoms with E-state index in [-0.39, 0.29) is 24.1 Å². The number of hydrogen-bond donors (Lipinski definition) is 0. The minimum absolute atomic E-state index is 0.131. The van der Waals surface area contributed by atoms with E-state index in [4.69, 9.17) is 4.74 Å². The Morgan fingerprint density at radius 1 is 1.04 bits per heavy atom. The Morgan fingerprint density at radius 2 is 1.54 bits per heavy atom. The molecule has 0 radical (unpaired) electrons. The van der Waals surface area contributed by atoms with Crippen molar-refractivity contribution >= 4 is 11.9 Å². The van der Waals surface area contributed by atoms with Crippen molar-refractivity contribution < 1.29 is 20.8 Å². The predicted octanol–water partition coefficient (Wildman–Crippen LogP) is 3.89. The van der Waals surface area contributed by atoms with Crippen LogP contribution >= 0.6 is 0 Å². The standard InChI is InChI=1S/C14H18NO3.C5H5.Fe/c1-9-12(16)18-11(10-7-5-6-8-10)15(9)13(17)14(2,3)4;1-2-4-5-3-1;/h5-9,11H,1-4H3;1-5H;/t9-,11-;;/m0../s1. The molecule has 1 amide bonds. The van der Waals surface area contributed by atoms with E-state index in [1.807, 2.05) is 32.6 Å². The Balaban J connectivity index is 1.24. The van der Waals surface area contributed by atoms with Gasteiger partial charge in [-0.15, -0.1) is 0 Å². The van der Waals surface area contributed by atoms with Crippen LogP contribution in [0.2, 0.25) is 47.7 Å². The van der Waals surface area contributed by atoms with Crippen molar-refractivity contribution in [3.63, 3.8) is 0 Å². The molecule has 4 nitrogen and oxygen atoms in total. The van der Waals surface area contributed by atoms with Gasteiger partial charge in [-0.25, -0.2) is 0 Å². The third-order valence-electron chi connectivity index (χ3n) is 17.3. The molecule has 0 aliphatic carbocycles. The molecular weight excluding hydrogens is 346 g/mol. The zero-order valence-corrected chi connectivity index (χ0v) is 15.5. The van der Waals surface area contributed by atoms with Gasteiger partial charge in [0.2, 0.25) is 0 Å². The summed E-state index contributed by atoms with van der Waals surface area (Å²) in [6.45, 7) is 4.48. The van der Waals surface area contributed by atoms with E-state index in [1.54, 1.807) is 0 Å². The number of esters is 1. The van der Waals surface area contributed by atoms with Crippen LogP contribution in [0, 0.1) is 5.41 Å². The predicted molar refractivity (Wildman–Crippen MR) is 82.1 cm³/mol. The topological polar surface area (TPSA) is 46.6 Å². The molecule has 11 fully saturated rings. The third-order valence-corrected chi connectivity index (χ3v) is 59.9. The summed E-state index contributed by atoms with van der Waals surface area (Å²) in [5.41, 5.74) is -0.436. The van der Waals surface area contributed by atoms with Crippen LogP contribution in [0.5, 0.6) is 0 Å². The molecule has 11 aliphatic rings. The average molecular weight is 369 g/mol. The Hall–Kier alpha value is -0.541. The van der Waals surface area contributed by atoms with E-state index in [1.165, 1.54) is 33.7 Å². The van der Waals surface area contributed by atoms with Crippen molar-refractivity contribution in [2.24, 2.45) is 5.41 Å². The number of nitrogens with zero attached hydrogens (tertiary/aromatic N) is 1. The quantitative estimate of drug-likeness (QED) is 0.520. The SMILES string of the molecule is C[C@H]1C(=O)O[C@@H]([C]23[CH]4[CH]5[CH]6[CH]2[Fe]56432789[CH]3[CH]2[CH]7[CH]8[CH]39)N1C(=O)C(C)(C)C. The van der Waals surface area contributed by atoms with Crippen molar-refractivity contribution in [1.29, 1.82) is 0 Å². The van der Waals surface area contributed by atoms with Crippen LogP contribution in [-0.4, -0.2) is 29.0 Å². The average Bonchev–Trinajstić information content (AvgIpc) is 3.42. The number of hydrogen-bond acceptors (Lipinski definition) is 3. The Morgan fingerprint density at radius 3 is 1.88 bits per heavy atom. The van der Waals surface area contributed by atoms with E-state index in [0.29, 0.717) is 4.31 Å². The van der Waals surface area contributed by atoms with Crippen LogP contribution in [0.1, 0.15) is 27.7 Å². The molecule has 24 heavy (non-hydrogen) atoms. The molecule has 11 saturated heterocycles. The van der Waals surface area contributed by atoms with E-state index < -0.39 is 11.9 Å². The van der Waals surface area contributed by atoms with Crippen molar-refractivity contribution in [2.45, 2.75) is 87.6 Å². The molecule has 0 aromatic carbocycles. The third kappa shape index (κ3) is 0.150. The molecule has 0 aromatic rings. The molecule has 5 heteroatoms. The van der Waals surface area contributed by atoms with Crippen LogP contribution in [0.3, 0.4) is 0 Å². The van der Waals surface area contributed by atoms with E-state index in [0.717, 1.165) is 9.63 Å². The van der Waals surface area contributed by atoms with Gasteiger partial charge < -0.3 is 0 Å². The summed E-state index contributed by atoms with van der Waals surface area (Å²) in [4.78, 5) is 38.2. The fraction of sp³-hybridized carbons (Fsp3) is 0.895. The number of fused-ring (bicyclic) bond motifs is 10. The minimum atomic E-state index is -3.38. The summed E-state index contributed by atoms with van der Waals surface area (Å²) < 4.78 is 6.55. The van der Waals surface area contributed by atoms with Crippen LogP contribution in [0.25, 0.3) is 0 Å². The van der Waals surface area contributed by atoms with Crippen molar-refractivity contribution in [3.8, 4) is 0 Å². The second-order valence-corrected chi connectivity index (χ2v) is 37.8. The second kappa shape index (κ2) is 1.05. The molecule has 1 spiro atoms. The van der Waals surface area contributed by atoms with Gasteiger partial charge in [0.25, 0.3) is 0 Å². The number of rotatable bonds is 1. The number of ether oxygens (including phenoxy) is 1. The summed E-state index contributed by atoms with van der Waals surface area (Å²) in [5, 5.41) is 0. The number of amides is 1. The molecule has 130 valence electrons.